The molecule has 1 aromatic carbocycles. The van der Waals surface area contributed by atoms with Crippen LogP contribution in [0.25, 0.3) is 0 Å². The second-order valence-corrected chi connectivity index (χ2v) is 5.88. The molecule has 0 aromatic heterocycles. The van der Waals surface area contributed by atoms with Gasteiger partial charge in [0.1, 0.15) is 11.6 Å². The lowest BCUT2D eigenvalue weighted by molar-refractivity contribution is -0.139. The Bertz CT molecular complexity index is 498. The van der Waals surface area contributed by atoms with Crippen molar-refractivity contribution in [3.8, 4) is 5.75 Å². The van der Waals surface area contributed by atoms with Gasteiger partial charge >= 0.3 is 0 Å². The van der Waals surface area contributed by atoms with E-state index in [0.29, 0.717) is 23.3 Å². The fourth-order valence-electron chi connectivity index (χ4n) is 2.28. The fraction of sp³-hybridized carbons (Fsp3) is 0.500. The van der Waals surface area contributed by atoms with Gasteiger partial charge in [0.15, 0.2) is 6.10 Å². The van der Waals surface area contributed by atoms with E-state index in [1.54, 1.807) is 11.8 Å². The Morgan fingerprint density at radius 3 is 3.00 bits per heavy atom. The number of carbonyl (C=O) groups excluding carboxylic acids is 1. The number of amides is 1. The summed E-state index contributed by atoms with van der Waals surface area (Å²) < 4.78 is 19.1. The molecule has 1 fully saturated rings. The number of piperidine rings is 1. The molecular weight excluding hydrogens is 327 g/mol. The van der Waals surface area contributed by atoms with Crippen molar-refractivity contribution >= 4 is 21.8 Å². The van der Waals surface area contributed by atoms with Crippen LogP contribution in [-0.2, 0) is 4.79 Å². The zero-order valence-corrected chi connectivity index (χ0v) is 12.9. The predicted octanol–water partition coefficient (Wildman–Crippen LogP) is 2.31. The van der Waals surface area contributed by atoms with Crippen LogP contribution in [0, 0.1) is 5.82 Å². The predicted molar refractivity (Wildman–Crippen MR) is 78.0 cm³/mol. The molecule has 2 N–H and O–H groups in total. The van der Waals surface area contributed by atoms with E-state index in [0.717, 1.165) is 12.8 Å². The van der Waals surface area contributed by atoms with Gasteiger partial charge in [0, 0.05) is 19.1 Å². The summed E-state index contributed by atoms with van der Waals surface area (Å²) in [5.74, 6) is 0.00939. The van der Waals surface area contributed by atoms with E-state index in [1.165, 1.54) is 18.2 Å². The molecule has 0 unspecified atom stereocenters. The van der Waals surface area contributed by atoms with Gasteiger partial charge < -0.3 is 15.4 Å². The van der Waals surface area contributed by atoms with Crippen LogP contribution in [0.1, 0.15) is 19.8 Å². The van der Waals surface area contributed by atoms with Crippen molar-refractivity contribution in [1.82, 2.24) is 4.90 Å². The number of hydrogen-bond acceptors (Lipinski definition) is 3. The first-order valence-corrected chi connectivity index (χ1v) is 7.42. The van der Waals surface area contributed by atoms with Gasteiger partial charge in [0.05, 0.1) is 4.47 Å². The van der Waals surface area contributed by atoms with Crippen LogP contribution in [0.3, 0.4) is 0 Å². The zero-order valence-electron chi connectivity index (χ0n) is 11.3. The Morgan fingerprint density at radius 2 is 2.35 bits per heavy atom. The first-order chi connectivity index (χ1) is 9.47. The number of nitrogens with zero attached hydrogens (tertiary/aromatic N) is 1. The van der Waals surface area contributed by atoms with Crippen LogP contribution < -0.4 is 10.5 Å². The van der Waals surface area contributed by atoms with E-state index in [1.807, 2.05) is 0 Å². The number of ether oxygens (including phenoxy) is 1. The lowest BCUT2D eigenvalue weighted by Crippen LogP contribution is -2.49. The van der Waals surface area contributed by atoms with E-state index in [2.05, 4.69) is 15.9 Å². The van der Waals surface area contributed by atoms with Crippen LogP contribution in [0.4, 0.5) is 4.39 Å². The molecule has 2 rings (SSSR count). The standard InChI is InChI=1S/C14H18BrFN2O2/c1-9(14(19)18-6-2-3-11(17)8-18)20-13-5-4-10(16)7-12(13)15/h4-5,7,9,11H,2-3,6,8,17H2,1H3/t9-,11+/m1/s1. The lowest BCUT2D eigenvalue weighted by Gasteiger charge is -2.32. The van der Waals surface area contributed by atoms with Crippen molar-refractivity contribution < 1.29 is 13.9 Å². The third-order valence-electron chi connectivity index (χ3n) is 3.31. The summed E-state index contributed by atoms with van der Waals surface area (Å²) in [5, 5.41) is 0. The van der Waals surface area contributed by atoms with Crippen LogP contribution in [0.5, 0.6) is 5.75 Å². The molecule has 20 heavy (non-hydrogen) atoms. The average Bonchev–Trinajstić information content (AvgIpc) is 2.41. The first-order valence-electron chi connectivity index (χ1n) is 6.63. The minimum Gasteiger partial charge on any atom is -0.480 e. The van der Waals surface area contributed by atoms with E-state index in [9.17, 15) is 9.18 Å². The number of carbonyl (C=O) groups is 1. The minimum absolute atomic E-state index is 0.0393. The summed E-state index contributed by atoms with van der Waals surface area (Å²) >= 11 is 3.22. The van der Waals surface area contributed by atoms with Gasteiger partial charge in [0.25, 0.3) is 5.91 Å². The Hall–Kier alpha value is -1.14. The third-order valence-corrected chi connectivity index (χ3v) is 3.93. The van der Waals surface area contributed by atoms with Crippen molar-refractivity contribution in [1.29, 1.82) is 0 Å². The van der Waals surface area contributed by atoms with Gasteiger partial charge in [-0.15, -0.1) is 0 Å². The van der Waals surface area contributed by atoms with Gasteiger partial charge in [-0.3, -0.25) is 4.79 Å². The highest BCUT2D eigenvalue weighted by molar-refractivity contribution is 9.10. The molecule has 0 radical (unpaired) electrons. The van der Waals surface area contributed by atoms with Gasteiger partial charge in [-0.1, -0.05) is 0 Å². The lowest BCUT2D eigenvalue weighted by atomic mass is 10.1. The Labute approximate surface area is 126 Å². The molecule has 110 valence electrons. The van der Waals surface area contributed by atoms with Crippen molar-refractivity contribution in [2.45, 2.75) is 31.9 Å². The monoisotopic (exact) mass is 344 g/mol. The molecule has 0 aliphatic carbocycles. The molecule has 1 aromatic rings. The molecule has 1 amide bonds. The molecule has 0 bridgehead atoms. The number of hydrogen-bond donors (Lipinski definition) is 1. The van der Waals surface area contributed by atoms with Crippen molar-refractivity contribution in [3.63, 3.8) is 0 Å². The molecular formula is C14H18BrFN2O2. The first kappa shape index (κ1) is 15.3. The smallest absolute Gasteiger partial charge is 0.263 e. The second kappa shape index (κ2) is 6.54. The SMILES string of the molecule is C[C@@H](Oc1ccc(F)cc1Br)C(=O)N1CCC[C@H](N)C1. The summed E-state index contributed by atoms with van der Waals surface area (Å²) in [6.45, 7) is 2.97. The summed E-state index contributed by atoms with van der Waals surface area (Å²) in [6.07, 6.45) is 1.24. The molecule has 1 aliphatic heterocycles. The van der Waals surface area contributed by atoms with Crippen LogP contribution in [0.2, 0.25) is 0 Å². The third kappa shape index (κ3) is 3.70. The van der Waals surface area contributed by atoms with Gasteiger partial charge in [-0.05, 0) is 53.9 Å². The van der Waals surface area contributed by atoms with E-state index < -0.39 is 6.10 Å². The highest BCUT2D eigenvalue weighted by atomic mass is 79.9. The van der Waals surface area contributed by atoms with E-state index >= 15 is 0 Å². The molecule has 1 heterocycles. The van der Waals surface area contributed by atoms with Crippen molar-refractivity contribution in [2.24, 2.45) is 5.73 Å². The summed E-state index contributed by atoms with van der Waals surface area (Å²) in [4.78, 5) is 14.0. The zero-order chi connectivity index (χ0) is 14.7. The Balaban J connectivity index is 2.00. The summed E-state index contributed by atoms with van der Waals surface area (Å²) in [5.41, 5.74) is 5.87. The topological polar surface area (TPSA) is 55.6 Å². The van der Waals surface area contributed by atoms with Gasteiger partial charge in [0.2, 0.25) is 0 Å². The van der Waals surface area contributed by atoms with Crippen LogP contribution >= 0.6 is 15.9 Å². The quantitative estimate of drug-likeness (QED) is 0.915. The van der Waals surface area contributed by atoms with Gasteiger partial charge in [-0.2, -0.15) is 0 Å². The van der Waals surface area contributed by atoms with E-state index in [4.69, 9.17) is 10.5 Å². The number of rotatable bonds is 3. The van der Waals surface area contributed by atoms with Crippen LogP contribution in [0.15, 0.2) is 22.7 Å². The highest BCUT2D eigenvalue weighted by Gasteiger charge is 2.26. The fourth-order valence-corrected chi connectivity index (χ4v) is 2.72. The Kier molecular flexibility index (Phi) is 4.99. The minimum atomic E-state index is -0.623. The molecule has 2 atom stereocenters. The van der Waals surface area contributed by atoms with Gasteiger partial charge in [-0.25, -0.2) is 4.39 Å². The average molecular weight is 345 g/mol. The maximum Gasteiger partial charge on any atom is 0.263 e. The normalized spacial score (nSPS) is 20.6. The highest BCUT2D eigenvalue weighted by Crippen LogP contribution is 2.26. The van der Waals surface area contributed by atoms with E-state index in [-0.39, 0.29) is 17.8 Å². The number of benzene rings is 1. The number of likely N-dealkylation sites (tertiary alicyclic amines) is 1. The summed E-state index contributed by atoms with van der Waals surface area (Å²) in [7, 11) is 0. The maximum atomic E-state index is 13.0. The van der Waals surface area contributed by atoms with Crippen LogP contribution in [-0.4, -0.2) is 36.0 Å². The second-order valence-electron chi connectivity index (χ2n) is 5.02. The van der Waals surface area contributed by atoms with Crippen molar-refractivity contribution in [2.75, 3.05) is 13.1 Å². The molecule has 1 aliphatic rings. The maximum absolute atomic E-state index is 13.0. The van der Waals surface area contributed by atoms with Crippen molar-refractivity contribution in [3.05, 3.63) is 28.5 Å². The molecule has 0 saturated carbocycles. The summed E-state index contributed by atoms with van der Waals surface area (Å²) in [6, 6.07) is 4.15. The number of nitrogens with two attached hydrogens (primary N) is 1. The molecule has 1 saturated heterocycles. The Morgan fingerprint density at radius 1 is 1.60 bits per heavy atom. The molecule has 6 heteroatoms. The molecule has 4 nitrogen and oxygen atoms in total. The largest absolute Gasteiger partial charge is 0.480 e. The number of halogens is 2. The molecule has 0 spiro atoms.